The van der Waals surface area contributed by atoms with Crippen molar-refractivity contribution in [2.45, 2.75) is 117 Å². The summed E-state index contributed by atoms with van der Waals surface area (Å²) in [4.78, 5) is 11.6. The van der Waals surface area contributed by atoms with Crippen molar-refractivity contribution in [1.29, 1.82) is 0 Å². The van der Waals surface area contributed by atoms with E-state index >= 15 is 0 Å². The van der Waals surface area contributed by atoms with Crippen LogP contribution in [0.5, 0.6) is 0 Å². The highest BCUT2D eigenvalue weighted by atomic mass is 16.5. The number of esters is 1. The molecular formula is C21H41O2. The van der Waals surface area contributed by atoms with Gasteiger partial charge in [0, 0.05) is 6.42 Å². The van der Waals surface area contributed by atoms with Gasteiger partial charge in [-0.2, -0.15) is 0 Å². The minimum absolute atomic E-state index is 0.0184. The van der Waals surface area contributed by atoms with Crippen molar-refractivity contribution >= 4 is 5.97 Å². The number of hydrogen-bond acceptors (Lipinski definition) is 2. The predicted octanol–water partition coefficient (Wildman–Crippen LogP) is 7.02. The molecule has 0 aromatic carbocycles. The fourth-order valence-corrected chi connectivity index (χ4v) is 2.78. The summed E-state index contributed by atoms with van der Waals surface area (Å²) in [5.41, 5.74) is 0. The Labute approximate surface area is 145 Å². The molecule has 2 heteroatoms. The third-order valence-electron chi connectivity index (χ3n) is 4.36. The van der Waals surface area contributed by atoms with Crippen molar-refractivity contribution in [3.05, 3.63) is 6.42 Å². The van der Waals surface area contributed by atoms with Crippen molar-refractivity contribution < 1.29 is 9.53 Å². The van der Waals surface area contributed by atoms with E-state index < -0.39 is 0 Å². The lowest BCUT2D eigenvalue weighted by atomic mass is 10.1. The van der Waals surface area contributed by atoms with Gasteiger partial charge in [-0.15, -0.1) is 0 Å². The molecular weight excluding hydrogens is 284 g/mol. The molecule has 0 heterocycles. The summed E-state index contributed by atoms with van der Waals surface area (Å²) < 4.78 is 5.25. The van der Waals surface area contributed by atoms with E-state index in [1.165, 1.54) is 83.5 Å². The molecule has 0 bridgehead atoms. The maximum absolute atomic E-state index is 11.6. The molecule has 0 aromatic rings. The van der Waals surface area contributed by atoms with Crippen molar-refractivity contribution in [3.63, 3.8) is 0 Å². The molecule has 0 saturated heterocycles. The van der Waals surface area contributed by atoms with Crippen molar-refractivity contribution in [3.8, 4) is 0 Å². The highest BCUT2D eigenvalue weighted by Gasteiger charge is 2.02. The largest absolute Gasteiger partial charge is 0.465 e. The van der Waals surface area contributed by atoms with E-state index in [0.717, 1.165) is 12.8 Å². The number of carbonyl (C=O) groups is 1. The quantitative estimate of drug-likeness (QED) is 0.200. The Morgan fingerprint density at radius 3 is 1.74 bits per heavy atom. The van der Waals surface area contributed by atoms with Gasteiger partial charge < -0.3 is 4.74 Å². The number of unbranched alkanes of at least 4 members (excludes halogenated alkanes) is 14. The van der Waals surface area contributed by atoms with E-state index in [2.05, 4.69) is 20.3 Å². The summed E-state index contributed by atoms with van der Waals surface area (Å²) in [7, 11) is 0. The van der Waals surface area contributed by atoms with Crippen LogP contribution in [0.25, 0.3) is 0 Å². The fourth-order valence-electron chi connectivity index (χ4n) is 2.78. The first-order valence-corrected chi connectivity index (χ1v) is 10.3. The van der Waals surface area contributed by atoms with Gasteiger partial charge in [-0.05, 0) is 19.3 Å². The number of carbonyl (C=O) groups excluding carboxylic acids is 1. The van der Waals surface area contributed by atoms with Crippen LogP contribution in [0.3, 0.4) is 0 Å². The Kier molecular flexibility index (Phi) is 19.1. The topological polar surface area (TPSA) is 26.3 Å². The molecule has 137 valence electrons. The Balaban J connectivity index is 3.13. The molecule has 0 aliphatic heterocycles. The number of rotatable bonds is 18. The molecule has 0 aromatic heterocycles. The lowest BCUT2D eigenvalue weighted by molar-refractivity contribution is -0.142. The van der Waals surface area contributed by atoms with Gasteiger partial charge in [-0.1, -0.05) is 97.3 Å². The van der Waals surface area contributed by atoms with Crippen LogP contribution in [0.15, 0.2) is 0 Å². The van der Waals surface area contributed by atoms with E-state index in [1.807, 2.05) is 0 Å². The van der Waals surface area contributed by atoms with E-state index in [-0.39, 0.29) is 5.97 Å². The zero-order chi connectivity index (χ0) is 17.0. The Morgan fingerprint density at radius 2 is 1.17 bits per heavy atom. The van der Waals surface area contributed by atoms with Crippen LogP contribution < -0.4 is 0 Å². The Morgan fingerprint density at radius 1 is 0.696 bits per heavy atom. The second-order valence-corrected chi connectivity index (χ2v) is 6.75. The van der Waals surface area contributed by atoms with Gasteiger partial charge in [0.2, 0.25) is 0 Å². The molecule has 0 N–H and O–H groups in total. The standard InChI is InChI=1S/C21H41O2/c1-3-5-7-9-11-13-15-17-19-21(22)23-20-18-16-14-12-10-8-6-4-2/h18H,3-17,19-20H2,1-2H3. The molecule has 0 amide bonds. The zero-order valence-electron chi connectivity index (χ0n) is 15.9. The third-order valence-corrected chi connectivity index (χ3v) is 4.36. The maximum Gasteiger partial charge on any atom is 0.305 e. The van der Waals surface area contributed by atoms with Crippen LogP contribution in [0.1, 0.15) is 117 Å². The molecule has 1 radical (unpaired) electrons. The average Bonchev–Trinajstić information content (AvgIpc) is 2.56. The predicted molar refractivity (Wildman–Crippen MR) is 100 cm³/mol. The summed E-state index contributed by atoms with van der Waals surface area (Å²) in [6, 6.07) is 0. The van der Waals surface area contributed by atoms with Crippen LogP contribution in [0.4, 0.5) is 0 Å². The summed E-state index contributed by atoms with van der Waals surface area (Å²) >= 11 is 0. The average molecular weight is 326 g/mol. The third kappa shape index (κ3) is 19.4. The second kappa shape index (κ2) is 19.5. The molecule has 0 unspecified atom stereocenters. The highest BCUT2D eigenvalue weighted by molar-refractivity contribution is 5.69. The van der Waals surface area contributed by atoms with Crippen LogP contribution in [-0.2, 0) is 9.53 Å². The van der Waals surface area contributed by atoms with Crippen LogP contribution >= 0.6 is 0 Å². The molecule has 2 nitrogen and oxygen atoms in total. The Hall–Kier alpha value is -0.530. The second-order valence-electron chi connectivity index (χ2n) is 6.75. The summed E-state index contributed by atoms with van der Waals surface area (Å²) in [6.07, 6.45) is 21.9. The SMILES string of the molecule is CCCCCCCC[CH]COC(=O)CCCCCCCCCC. The monoisotopic (exact) mass is 325 g/mol. The summed E-state index contributed by atoms with van der Waals surface area (Å²) in [6.45, 7) is 5.00. The summed E-state index contributed by atoms with van der Waals surface area (Å²) in [5.74, 6) is -0.0184. The fraction of sp³-hybridized carbons (Fsp3) is 0.905. The highest BCUT2D eigenvalue weighted by Crippen LogP contribution is 2.10. The number of ether oxygens (including phenoxy) is 1. The minimum Gasteiger partial charge on any atom is -0.465 e. The summed E-state index contributed by atoms with van der Waals surface area (Å²) in [5, 5.41) is 0. The molecule has 0 aliphatic rings. The maximum atomic E-state index is 11.6. The van der Waals surface area contributed by atoms with Crippen molar-refractivity contribution in [2.24, 2.45) is 0 Å². The van der Waals surface area contributed by atoms with Gasteiger partial charge in [-0.25, -0.2) is 0 Å². The molecule has 0 rings (SSSR count). The van der Waals surface area contributed by atoms with Crippen LogP contribution in [0, 0.1) is 6.42 Å². The smallest absolute Gasteiger partial charge is 0.305 e. The van der Waals surface area contributed by atoms with E-state index in [4.69, 9.17) is 4.74 Å². The lowest BCUT2D eigenvalue weighted by Crippen LogP contribution is -2.06. The molecule has 0 spiro atoms. The van der Waals surface area contributed by atoms with E-state index in [1.54, 1.807) is 0 Å². The molecule has 0 atom stereocenters. The number of hydrogen-bond donors (Lipinski definition) is 0. The molecule has 0 fully saturated rings. The molecule has 23 heavy (non-hydrogen) atoms. The van der Waals surface area contributed by atoms with Gasteiger partial charge in [0.25, 0.3) is 0 Å². The van der Waals surface area contributed by atoms with Crippen molar-refractivity contribution in [1.82, 2.24) is 0 Å². The zero-order valence-corrected chi connectivity index (χ0v) is 15.9. The van der Waals surface area contributed by atoms with Gasteiger partial charge in [0.05, 0.1) is 6.61 Å². The first-order chi connectivity index (χ1) is 11.3. The first-order valence-electron chi connectivity index (χ1n) is 10.3. The van der Waals surface area contributed by atoms with Crippen LogP contribution in [0.2, 0.25) is 0 Å². The molecule has 0 aliphatic carbocycles. The van der Waals surface area contributed by atoms with Gasteiger partial charge >= 0.3 is 5.97 Å². The van der Waals surface area contributed by atoms with E-state index in [0.29, 0.717) is 13.0 Å². The minimum atomic E-state index is -0.0184. The van der Waals surface area contributed by atoms with Crippen LogP contribution in [-0.4, -0.2) is 12.6 Å². The molecule has 0 saturated carbocycles. The first kappa shape index (κ1) is 22.5. The Bertz CT molecular complexity index is 238. The normalized spacial score (nSPS) is 10.9. The van der Waals surface area contributed by atoms with E-state index in [9.17, 15) is 4.79 Å². The van der Waals surface area contributed by atoms with Gasteiger partial charge in [0.15, 0.2) is 0 Å². The van der Waals surface area contributed by atoms with Crippen molar-refractivity contribution in [2.75, 3.05) is 6.61 Å². The van der Waals surface area contributed by atoms with Gasteiger partial charge in [0.1, 0.15) is 0 Å². The van der Waals surface area contributed by atoms with Gasteiger partial charge in [-0.3, -0.25) is 4.79 Å². The lowest BCUT2D eigenvalue weighted by Gasteiger charge is -2.05.